The highest BCUT2D eigenvalue weighted by molar-refractivity contribution is 5.89. The largest absolute Gasteiger partial charge is 0.323 e. The molecule has 0 aliphatic rings. The zero-order valence-electron chi connectivity index (χ0n) is 14.6. The van der Waals surface area contributed by atoms with Gasteiger partial charge in [-0.15, -0.1) is 0 Å². The molecule has 0 aliphatic carbocycles. The van der Waals surface area contributed by atoms with Gasteiger partial charge < -0.3 is 4.98 Å². The van der Waals surface area contributed by atoms with Crippen LogP contribution in [0.4, 0.5) is 14.6 Å². The van der Waals surface area contributed by atoms with E-state index in [0.717, 1.165) is 22.2 Å². The third kappa shape index (κ3) is 2.75. The molecule has 3 aromatic carbocycles. The maximum absolute atomic E-state index is 13.4. The SMILES string of the molecule is Fc1ccc(/C=N/c2c(-c3ccc(F)cc3)nc3[nH]c4ccccc4n23)cc1. The molecule has 0 bridgehead atoms. The summed E-state index contributed by atoms with van der Waals surface area (Å²) in [5.41, 5.74) is 4.03. The monoisotopic (exact) mass is 372 g/mol. The van der Waals surface area contributed by atoms with E-state index in [2.05, 4.69) is 15.0 Å². The number of aliphatic imine (C=N–C) groups is 1. The highest BCUT2D eigenvalue weighted by Gasteiger charge is 2.17. The summed E-state index contributed by atoms with van der Waals surface area (Å²) in [4.78, 5) is 12.6. The van der Waals surface area contributed by atoms with Crippen LogP contribution in [0.15, 0.2) is 77.8 Å². The van der Waals surface area contributed by atoms with Gasteiger partial charge in [-0.1, -0.05) is 24.3 Å². The fourth-order valence-electron chi connectivity index (χ4n) is 3.22. The Morgan fingerprint density at radius 2 is 1.54 bits per heavy atom. The molecule has 5 rings (SSSR count). The van der Waals surface area contributed by atoms with E-state index in [0.29, 0.717) is 17.3 Å². The minimum atomic E-state index is -0.310. The van der Waals surface area contributed by atoms with Gasteiger partial charge in [0.05, 0.1) is 11.0 Å². The number of hydrogen-bond acceptors (Lipinski definition) is 2. The Hall–Kier alpha value is -3.80. The standard InChI is InChI=1S/C22H14F2N4/c23-16-9-5-14(6-10-16)13-25-21-20(15-7-11-17(24)12-8-15)27-22-26-18-3-1-2-4-19(18)28(21)22/h1-13H,(H,26,27)/b25-13+. The summed E-state index contributed by atoms with van der Waals surface area (Å²) in [6, 6.07) is 20.1. The van der Waals surface area contributed by atoms with Gasteiger partial charge in [0, 0.05) is 11.8 Å². The predicted octanol–water partition coefficient (Wildman–Crippen LogP) is 5.51. The van der Waals surface area contributed by atoms with Crippen LogP contribution in [0.5, 0.6) is 0 Å². The second kappa shape index (κ2) is 6.42. The molecule has 0 spiro atoms. The molecule has 5 aromatic rings. The maximum atomic E-state index is 13.4. The van der Waals surface area contributed by atoms with Crippen LogP contribution < -0.4 is 0 Å². The number of fused-ring (bicyclic) bond motifs is 3. The summed E-state index contributed by atoms with van der Waals surface area (Å²) in [6.45, 7) is 0. The van der Waals surface area contributed by atoms with Crippen LogP contribution in [0.25, 0.3) is 28.1 Å². The summed E-state index contributed by atoms with van der Waals surface area (Å²) in [5, 5.41) is 0. The van der Waals surface area contributed by atoms with Crippen molar-refractivity contribution < 1.29 is 8.78 Å². The number of hydrogen-bond donors (Lipinski definition) is 1. The molecule has 0 amide bonds. The minimum Gasteiger partial charge on any atom is -0.323 e. The lowest BCUT2D eigenvalue weighted by Gasteiger charge is -2.01. The van der Waals surface area contributed by atoms with E-state index < -0.39 is 0 Å². The van der Waals surface area contributed by atoms with Crippen molar-refractivity contribution in [1.29, 1.82) is 0 Å². The quantitative estimate of drug-likeness (QED) is 0.417. The van der Waals surface area contributed by atoms with E-state index in [4.69, 9.17) is 0 Å². The first-order valence-corrected chi connectivity index (χ1v) is 8.74. The normalized spacial score (nSPS) is 11.8. The van der Waals surface area contributed by atoms with Crippen LogP contribution in [0.3, 0.4) is 0 Å². The van der Waals surface area contributed by atoms with Crippen molar-refractivity contribution in [3.05, 3.63) is 90.0 Å². The molecule has 0 aliphatic heterocycles. The lowest BCUT2D eigenvalue weighted by atomic mass is 10.1. The average molecular weight is 372 g/mol. The van der Waals surface area contributed by atoms with Crippen molar-refractivity contribution in [3.8, 4) is 11.3 Å². The Bertz CT molecular complexity index is 1310. The average Bonchev–Trinajstić information content (AvgIpc) is 3.24. The fraction of sp³-hybridized carbons (Fsp3) is 0. The fourth-order valence-corrected chi connectivity index (χ4v) is 3.22. The van der Waals surface area contributed by atoms with E-state index in [1.807, 2.05) is 28.7 Å². The van der Waals surface area contributed by atoms with Gasteiger partial charge in [-0.3, -0.25) is 4.40 Å². The molecule has 0 unspecified atom stereocenters. The van der Waals surface area contributed by atoms with Gasteiger partial charge in [-0.2, -0.15) is 0 Å². The van der Waals surface area contributed by atoms with Crippen LogP contribution in [-0.4, -0.2) is 20.6 Å². The number of aromatic amines is 1. The highest BCUT2D eigenvalue weighted by atomic mass is 19.1. The van der Waals surface area contributed by atoms with E-state index in [-0.39, 0.29) is 11.6 Å². The van der Waals surface area contributed by atoms with Crippen LogP contribution in [0.1, 0.15) is 5.56 Å². The zero-order valence-corrected chi connectivity index (χ0v) is 14.6. The Morgan fingerprint density at radius 1 is 0.857 bits per heavy atom. The number of H-pyrrole nitrogens is 1. The zero-order chi connectivity index (χ0) is 19.1. The maximum Gasteiger partial charge on any atom is 0.214 e. The molecule has 0 atom stereocenters. The van der Waals surface area contributed by atoms with Gasteiger partial charge in [0.25, 0.3) is 0 Å². The van der Waals surface area contributed by atoms with E-state index in [1.54, 1.807) is 30.5 Å². The van der Waals surface area contributed by atoms with Crippen molar-refractivity contribution in [3.63, 3.8) is 0 Å². The number of halogens is 2. The summed E-state index contributed by atoms with van der Waals surface area (Å²) < 4.78 is 28.5. The Kier molecular flexibility index (Phi) is 3.76. The molecule has 2 aromatic heterocycles. The molecule has 6 heteroatoms. The van der Waals surface area contributed by atoms with E-state index in [1.165, 1.54) is 24.3 Å². The molecular weight excluding hydrogens is 358 g/mol. The summed E-state index contributed by atoms with van der Waals surface area (Å²) in [6.07, 6.45) is 1.66. The lowest BCUT2D eigenvalue weighted by molar-refractivity contribution is 0.627. The van der Waals surface area contributed by atoms with Crippen LogP contribution in [-0.2, 0) is 0 Å². The Balaban J connectivity index is 1.73. The molecule has 0 saturated heterocycles. The van der Waals surface area contributed by atoms with Crippen molar-refractivity contribution in [2.24, 2.45) is 4.99 Å². The van der Waals surface area contributed by atoms with E-state index in [9.17, 15) is 8.78 Å². The Morgan fingerprint density at radius 3 is 2.29 bits per heavy atom. The van der Waals surface area contributed by atoms with Gasteiger partial charge >= 0.3 is 0 Å². The van der Waals surface area contributed by atoms with Crippen molar-refractivity contribution in [2.45, 2.75) is 0 Å². The number of nitrogens with zero attached hydrogens (tertiary/aromatic N) is 3. The topological polar surface area (TPSA) is 45.5 Å². The molecule has 28 heavy (non-hydrogen) atoms. The van der Waals surface area contributed by atoms with Gasteiger partial charge in [0.1, 0.15) is 17.3 Å². The number of para-hydroxylation sites is 2. The first kappa shape index (κ1) is 16.4. The van der Waals surface area contributed by atoms with Gasteiger partial charge in [-0.05, 0) is 54.1 Å². The minimum absolute atomic E-state index is 0.299. The van der Waals surface area contributed by atoms with Crippen molar-refractivity contribution in [1.82, 2.24) is 14.4 Å². The first-order chi connectivity index (χ1) is 13.7. The number of benzene rings is 3. The second-order valence-electron chi connectivity index (χ2n) is 6.40. The van der Waals surface area contributed by atoms with Crippen molar-refractivity contribution in [2.75, 3.05) is 0 Å². The summed E-state index contributed by atoms with van der Waals surface area (Å²) in [5.74, 6) is 0.651. The highest BCUT2D eigenvalue weighted by Crippen LogP contribution is 2.33. The third-order valence-corrected chi connectivity index (χ3v) is 4.57. The summed E-state index contributed by atoms with van der Waals surface area (Å²) in [7, 11) is 0. The van der Waals surface area contributed by atoms with Gasteiger partial charge in [0.15, 0.2) is 5.82 Å². The van der Waals surface area contributed by atoms with E-state index >= 15 is 0 Å². The van der Waals surface area contributed by atoms with Crippen LogP contribution in [0.2, 0.25) is 0 Å². The molecule has 0 saturated carbocycles. The van der Waals surface area contributed by atoms with Crippen molar-refractivity contribution >= 4 is 28.8 Å². The molecule has 4 nitrogen and oxygen atoms in total. The molecule has 0 fully saturated rings. The smallest absolute Gasteiger partial charge is 0.214 e. The van der Waals surface area contributed by atoms with Gasteiger partial charge in [0.2, 0.25) is 5.78 Å². The Labute approximate surface area is 158 Å². The molecule has 2 heterocycles. The molecule has 136 valence electrons. The first-order valence-electron chi connectivity index (χ1n) is 8.74. The van der Waals surface area contributed by atoms with Crippen LogP contribution in [0, 0.1) is 11.6 Å². The summed E-state index contributed by atoms with van der Waals surface area (Å²) >= 11 is 0. The molecule has 1 N–H and O–H groups in total. The number of aromatic nitrogens is 3. The lowest BCUT2D eigenvalue weighted by Crippen LogP contribution is -1.86. The predicted molar refractivity (Wildman–Crippen MR) is 106 cm³/mol. The third-order valence-electron chi connectivity index (χ3n) is 4.57. The number of nitrogens with one attached hydrogen (secondary N) is 1. The van der Waals surface area contributed by atoms with Crippen LogP contribution >= 0.6 is 0 Å². The molecule has 0 radical (unpaired) electrons. The second-order valence-corrected chi connectivity index (χ2v) is 6.40. The van der Waals surface area contributed by atoms with Gasteiger partial charge in [-0.25, -0.2) is 18.8 Å². The number of imidazole rings is 2. The number of rotatable bonds is 3. The molecular formula is C22H14F2N4.